The summed E-state index contributed by atoms with van der Waals surface area (Å²) in [5.41, 5.74) is 0.810. The highest BCUT2D eigenvalue weighted by Gasteiger charge is 2.51. The molecule has 2 aliphatic heterocycles. The number of sulfonamides is 1. The van der Waals surface area contributed by atoms with Gasteiger partial charge in [0.15, 0.2) is 0 Å². The van der Waals surface area contributed by atoms with E-state index in [-0.39, 0.29) is 23.3 Å². The lowest BCUT2D eigenvalue weighted by Crippen LogP contribution is -2.55. The van der Waals surface area contributed by atoms with Crippen LogP contribution in [0.2, 0.25) is 5.02 Å². The topological polar surface area (TPSA) is 122 Å². The molecule has 5 rings (SSSR count). The number of nitrogens with zero attached hydrogens (tertiary/aromatic N) is 1. The van der Waals surface area contributed by atoms with Crippen molar-refractivity contribution in [1.82, 2.24) is 4.72 Å². The first-order chi connectivity index (χ1) is 23.0. The van der Waals surface area contributed by atoms with Gasteiger partial charge in [-0.25, -0.2) is 13.1 Å². The van der Waals surface area contributed by atoms with Gasteiger partial charge in [-0.3, -0.25) is 9.59 Å². The number of hydrogen-bond acceptors (Lipinski definition) is 8. The number of carbonyl (C=O) groups is 2. The molecule has 2 bridgehead atoms. The van der Waals surface area contributed by atoms with Crippen molar-refractivity contribution < 1.29 is 32.6 Å². The predicted octanol–water partition coefficient (Wildman–Crippen LogP) is 6.84. The second kappa shape index (κ2) is 14.6. The number of fused-ring (bicyclic) bond motifs is 3. The molecule has 1 fully saturated rings. The molecule has 2 aromatic carbocycles. The van der Waals surface area contributed by atoms with E-state index in [0.717, 1.165) is 36.8 Å². The van der Waals surface area contributed by atoms with Gasteiger partial charge in [-0.1, -0.05) is 36.7 Å². The third kappa shape index (κ3) is 8.46. The van der Waals surface area contributed by atoms with Gasteiger partial charge in [-0.05, 0) is 132 Å². The SMILES string of the molecule is C[C@H](C(=O)OC(C)(C)C)[C@@]1(O)/C=C/C[C@H](C)[C@@H](C)S(=O)(=O)NC(=O)c2ccc3c(c2)N(CCCCc2cc(Cl)ccc2CO3)C[C@@H]2CC[C@H]21. The molecule has 0 spiro atoms. The smallest absolute Gasteiger partial charge is 0.312 e. The number of anilines is 1. The number of aryl methyl sites for hydroxylation is 1. The summed E-state index contributed by atoms with van der Waals surface area (Å²) in [5.74, 6) is -2.09. The Hall–Kier alpha value is -3.08. The van der Waals surface area contributed by atoms with Gasteiger partial charge in [0.2, 0.25) is 10.0 Å². The van der Waals surface area contributed by atoms with Gasteiger partial charge < -0.3 is 19.5 Å². The third-order valence-corrected chi connectivity index (χ3v) is 12.7. The lowest BCUT2D eigenvalue weighted by atomic mass is 9.60. The summed E-state index contributed by atoms with van der Waals surface area (Å²) in [6.45, 7) is 12.0. The van der Waals surface area contributed by atoms with E-state index in [1.807, 2.05) is 18.2 Å². The van der Waals surface area contributed by atoms with Crippen molar-refractivity contribution in [3.05, 3.63) is 70.3 Å². The Kier molecular flexibility index (Phi) is 11.1. The van der Waals surface area contributed by atoms with Crippen molar-refractivity contribution >= 4 is 39.2 Å². The predicted molar refractivity (Wildman–Crippen MR) is 192 cm³/mol. The van der Waals surface area contributed by atoms with Crippen molar-refractivity contribution in [2.24, 2.45) is 23.7 Å². The Morgan fingerprint density at radius 1 is 1.12 bits per heavy atom. The van der Waals surface area contributed by atoms with E-state index in [9.17, 15) is 23.1 Å². The molecule has 0 unspecified atom stereocenters. The van der Waals surface area contributed by atoms with Crippen LogP contribution in [0.15, 0.2) is 48.6 Å². The Labute approximate surface area is 296 Å². The molecule has 11 heteroatoms. The minimum Gasteiger partial charge on any atom is -0.487 e. The maximum absolute atomic E-state index is 13.5. The van der Waals surface area contributed by atoms with E-state index < -0.39 is 44.3 Å². The van der Waals surface area contributed by atoms with Crippen LogP contribution < -0.4 is 14.4 Å². The first kappa shape index (κ1) is 37.2. The molecule has 49 heavy (non-hydrogen) atoms. The first-order valence-corrected chi connectivity index (χ1v) is 19.4. The number of carbonyl (C=O) groups excluding carboxylic acids is 2. The first-order valence-electron chi connectivity index (χ1n) is 17.5. The number of allylic oxidation sites excluding steroid dienone is 1. The molecule has 2 heterocycles. The molecule has 9 nitrogen and oxygen atoms in total. The monoisotopic (exact) mass is 714 g/mol. The van der Waals surface area contributed by atoms with Crippen LogP contribution in [0.3, 0.4) is 0 Å². The Morgan fingerprint density at radius 2 is 1.88 bits per heavy atom. The summed E-state index contributed by atoms with van der Waals surface area (Å²) in [4.78, 5) is 29.1. The van der Waals surface area contributed by atoms with Crippen LogP contribution in [0.1, 0.15) is 95.1 Å². The summed E-state index contributed by atoms with van der Waals surface area (Å²) in [7, 11) is -4.05. The van der Waals surface area contributed by atoms with Crippen LogP contribution >= 0.6 is 11.6 Å². The zero-order valence-electron chi connectivity index (χ0n) is 29.5. The van der Waals surface area contributed by atoms with E-state index in [4.69, 9.17) is 21.1 Å². The third-order valence-electron chi connectivity index (χ3n) is 10.6. The second-order valence-corrected chi connectivity index (χ2v) is 17.6. The normalized spacial score (nSPS) is 29.0. The molecule has 0 aromatic heterocycles. The molecule has 3 aliphatic rings. The van der Waals surface area contributed by atoms with Crippen LogP contribution in [0.5, 0.6) is 5.75 Å². The molecular weight excluding hydrogens is 664 g/mol. The zero-order valence-corrected chi connectivity index (χ0v) is 31.1. The molecule has 1 saturated carbocycles. The quantitative estimate of drug-likeness (QED) is 0.256. The molecular formula is C38H51ClN2O7S. The maximum Gasteiger partial charge on any atom is 0.312 e. The van der Waals surface area contributed by atoms with Crippen molar-refractivity contribution in [1.29, 1.82) is 0 Å². The average molecular weight is 715 g/mol. The summed E-state index contributed by atoms with van der Waals surface area (Å²) in [5, 5.41) is 12.3. The molecule has 6 atom stereocenters. The largest absolute Gasteiger partial charge is 0.487 e. The molecule has 268 valence electrons. The summed E-state index contributed by atoms with van der Waals surface area (Å²) >= 11 is 6.35. The minimum atomic E-state index is -4.05. The van der Waals surface area contributed by atoms with Gasteiger partial charge in [0.25, 0.3) is 5.91 Å². The summed E-state index contributed by atoms with van der Waals surface area (Å²) in [6, 6.07) is 10.9. The van der Waals surface area contributed by atoms with Gasteiger partial charge in [0.1, 0.15) is 18.0 Å². The number of benzene rings is 2. The van der Waals surface area contributed by atoms with Gasteiger partial charge in [-0.15, -0.1) is 0 Å². The van der Waals surface area contributed by atoms with E-state index in [0.29, 0.717) is 49.0 Å². The van der Waals surface area contributed by atoms with Crippen molar-refractivity contribution in [2.75, 3.05) is 18.0 Å². The Balaban J connectivity index is 1.58. The number of esters is 1. The zero-order chi connectivity index (χ0) is 35.7. The highest BCUT2D eigenvalue weighted by molar-refractivity contribution is 7.90. The number of hydrogen-bond donors (Lipinski definition) is 2. The number of amides is 1. The van der Waals surface area contributed by atoms with Gasteiger partial charge in [0, 0.05) is 23.7 Å². The second-order valence-electron chi connectivity index (χ2n) is 15.2. The van der Waals surface area contributed by atoms with Crippen molar-refractivity contribution in [3.8, 4) is 5.75 Å². The van der Waals surface area contributed by atoms with Crippen LogP contribution in [0, 0.1) is 23.7 Å². The molecule has 2 aromatic rings. The van der Waals surface area contributed by atoms with Crippen LogP contribution in [0.25, 0.3) is 0 Å². The highest BCUT2D eigenvalue weighted by atomic mass is 35.5. The average Bonchev–Trinajstić information content (AvgIpc) is 3.03. The number of ether oxygens (including phenoxy) is 2. The molecule has 1 aliphatic carbocycles. The van der Waals surface area contributed by atoms with Crippen molar-refractivity contribution in [3.63, 3.8) is 0 Å². The minimum absolute atomic E-state index is 0.0237. The lowest BCUT2D eigenvalue weighted by molar-refractivity contribution is -0.173. The van der Waals surface area contributed by atoms with Crippen LogP contribution in [0.4, 0.5) is 5.69 Å². The summed E-state index contributed by atoms with van der Waals surface area (Å²) in [6.07, 6.45) is 7.93. The fourth-order valence-electron chi connectivity index (χ4n) is 7.18. The standard InChI is InChI=1S/C38H51ClN2O7S/c1-24-10-9-18-38(44,25(2)36(43)48-37(4,5)6)32-16-13-29(32)22-41-19-8-7-11-27-20-31(39)15-12-30(27)23-47-34-17-14-28(21-33(34)41)35(42)40-49(45,46)26(24)3/h9,12,14-15,17-18,20-21,24-26,29,32,44H,7-8,10-11,13,16,19,22-23H2,1-6H3,(H,40,42)/b18-9+/t24-,25+,26+,29-,32+,38-/m0/s1. The number of rotatable bonds is 2. The van der Waals surface area contributed by atoms with E-state index in [2.05, 4.69) is 9.62 Å². The fourth-order valence-corrected chi connectivity index (χ4v) is 8.66. The molecule has 2 N–H and O–H groups in total. The van der Waals surface area contributed by atoms with Crippen molar-refractivity contribution in [2.45, 2.75) is 103 Å². The van der Waals surface area contributed by atoms with Gasteiger partial charge in [0.05, 0.1) is 22.5 Å². The Morgan fingerprint density at radius 3 is 2.57 bits per heavy atom. The van der Waals surface area contributed by atoms with E-state index in [1.54, 1.807) is 71.9 Å². The van der Waals surface area contributed by atoms with Crippen LogP contribution in [-0.2, 0) is 32.6 Å². The molecule has 0 saturated heterocycles. The highest BCUT2D eigenvalue weighted by Crippen LogP contribution is 2.48. The number of aliphatic hydroxyl groups is 1. The number of nitrogens with one attached hydrogen (secondary N) is 1. The van der Waals surface area contributed by atoms with Gasteiger partial charge in [-0.2, -0.15) is 0 Å². The molecule has 1 amide bonds. The summed E-state index contributed by atoms with van der Waals surface area (Å²) < 4.78 is 41.3. The fraction of sp³-hybridized carbons (Fsp3) is 0.579. The maximum atomic E-state index is 13.5. The van der Waals surface area contributed by atoms with Crippen LogP contribution in [-0.4, -0.2) is 54.9 Å². The number of halogens is 1. The Bertz CT molecular complexity index is 1690. The molecule has 0 radical (unpaired) electrons. The lowest BCUT2D eigenvalue weighted by Gasteiger charge is -2.50. The van der Waals surface area contributed by atoms with E-state index in [1.165, 1.54) is 0 Å². The van der Waals surface area contributed by atoms with Gasteiger partial charge >= 0.3 is 5.97 Å². The van der Waals surface area contributed by atoms with E-state index >= 15 is 0 Å².